The second-order valence-electron chi connectivity index (χ2n) is 3.83. The van der Waals surface area contributed by atoms with Gasteiger partial charge in [0, 0.05) is 6.42 Å². The molecule has 1 heterocycles. The van der Waals surface area contributed by atoms with Crippen molar-refractivity contribution >= 4 is 12.1 Å². The van der Waals surface area contributed by atoms with E-state index >= 15 is 0 Å². The van der Waals surface area contributed by atoms with Crippen molar-refractivity contribution in [2.75, 3.05) is 0 Å². The van der Waals surface area contributed by atoms with Crippen LogP contribution in [0.2, 0.25) is 0 Å². The minimum absolute atomic E-state index is 0.255. The number of hydrogen-bond donors (Lipinski definition) is 0. The molecule has 0 amide bonds. The Kier molecular flexibility index (Phi) is 3.47. The van der Waals surface area contributed by atoms with E-state index in [4.69, 9.17) is 0 Å². The molecule has 2 rings (SSSR count). The molecule has 1 unspecified atom stereocenters. The Morgan fingerprint density at radius 2 is 2.11 bits per heavy atom. The number of aromatic nitrogens is 2. The molecule has 0 aliphatic carbocycles. The second kappa shape index (κ2) is 5.22. The molecule has 0 N–H and O–H groups in total. The minimum Gasteiger partial charge on any atom is -0.358 e. The van der Waals surface area contributed by atoms with E-state index in [1.165, 1.54) is 17.1 Å². The molecule has 0 radical (unpaired) electrons. The molecule has 0 aliphatic rings. The average Bonchev–Trinajstić information content (AvgIpc) is 2.87. The van der Waals surface area contributed by atoms with Crippen LogP contribution in [0, 0.1) is 10.1 Å². The van der Waals surface area contributed by atoms with Gasteiger partial charge in [-0.3, -0.25) is 4.57 Å². The number of benzene rings is 1. The largest absolute Gasteiger partial charge is 0.381 e. The fraction of sp³-hybridized carbons (Fsp3) is 0.167. The molecule has 0 bridgehead atoms. The summed E-state index contributed by atoms with van der Waals surface area (Å²) in [6.07, 6.45) is 3.82. The predicted octanol–water partition coefficient (Wildman–Crippen LogP) is 1.77. The molecule has 18 heavy (non-hydrogen) atoms. The van der Waals surface area contributed by atoms with Gasteiger partial charge < -0.3 is 14.9 Å². The van der Waals surface area contributed by atoms with Crippen LogP contribution in [-0.4, -0.2) is 20.8 Å². The van der Waals surface area contributed by atoms with Crippen molar-refractivity contribution in [2.45, 2.75) is 12.5 Å². The number of carbonyl (C=O) groups is 1. The summed E-state index contributed by atoms with van der Waals surface area (Å²) in [5.74, 6) is -0.255. The van der Waals surface area contributed by atoms with Gasteiger partial charge in [-0.2, -0.15) is 0 Å². The Balaban J connectivity index is 2.18. The molecule has 0 saturated heterocycles. The van der Waals surface area contributed by atoms with Crippen molar-refractivity contribution in [3.8, 4) is 0 Å². The summed E-state index contributed by atoms with van der Waals surface area (Å²) in [5, 5.41) is 10.5. The Labute approximate surface area is 103 Å². The predicted molar refractivity (Wildman–Crippen MR) is 64.1 cm³/mol. The highest BCUT2D eigenvalue weighted by molar-refractivity contribution is 5.56. The van der Waals surface area contributed by atoms with Crippen molar-refractivity contribution in [1.29, 1.82) is 0 Å². The molecular formula is C12H11N3O3. The Bertz CT molecular complexity index is 551. The molecule has 0 fully saturated rings. The third-order valence-corrected chi connectivity index (χ3v) is 2.60. The van der Waals surface area contributed by atoms with E-state index in [1.807, 2.05) is 30.3 Å². The lowest BCUT2D eigenvalue weighted by atomic mass is 10.1. The van der Waals surface area contributed by atoms with Crippen molar-refractivity contribution in [3.63, 3.8) is 0 Å². The third kappa shape index (κ3) is 2.60. The zero-order valence-electron chi connectivity index (χ0n) is 9.47. The standard InChI is InChI=1S/C12H11N3O3/c16-8-11(6-10-4-2-1-3-5-10)14-7-12(13-9-14)15(17)18/h1-5,7-9,11H,6H2. The maximum atomic E-state index is 11.1. The minimum atomic E-state index is -0.582. The molecule has 1 aromatic heterocycles. The quantitative estimate of drug-likeness (QED) is 0.457. The number of aldehydes is 1. The van der Waals surface area contributed by atoms with Crippen molar-refractivity contribution in [2.24, 2.45) is 0 Å². The first-order chi connectivity index (χ1) is 8.70. The Morgan fingerprint density at radius 1 is 1.39 bits per heavy atom. The van der Waals surface area contributed by atoms with Gasteiger partial charge in [-0.25, -0.2) is 0 Å². The Hall–Kier alpha value is -2.50. The monoisotopic (exact) mass is 245 g/mol. The highest BCUT2D eigenvalue weighted by Gasteiger charge is 2.16. The molecule has 0 spiro atoms. The van der Waals surface area contributed by atoms with Gasteiger partial charge in [0.25, 0.3) is 0 Å². The number of nitro groups is 1. The van der Waals surface area contributed by atoms with E-state index in [0.717, 1.165) is 11.8 Å². The molecule has 6 heteroatoms. The van der Waals surface area contributed by atoms with Gasteiger partial charge in [-0.1, -0.05) is 30.3 Å². The van der Waals surface area contributed by atoms with E-state index in [0.29, 0.717) is 6.42 Å². The van der Waals surface area contributed by atoms with E-state index in [2.05, 4.69) is 4.98 Å². The van der Waals surface area contributed by atoms with Gasteiger partial charge in [0.15, 0.2) is 0 Å². The number of rotatable bonds is 5. The summed E-state index contributed by atoms with van der Waals surface area (Å²) in [6.45, 7) is 0. The van der Waals surface area contributed by atoms with Gasteiger partial charge in [0.2, 0.25) is 6.33 Å². The number of hydrogen-bond acceptors (Lipinski definition) is 4. The lowest BCUT2D eigenvalue weighted by Gasteiger charge is -2.09. The van der Waals surface area contributed by atoms with Gasteiger partial charge in [-0.15, -0.1) is 0 Å². The van der Waals surface area contributed by atoms with Crippen LogP contribution in [-0.2, 0) is 11.2 Å². The third-order valence-electron chi connectivity index (χ3n) is 2.60. The van der Waals surface area contributed by atoms with Crippen LogP contribution >= 0.6 is 0 Å². The molecule has 0 aliphatic heterocycles. The summed E-state index contributed by atoms with van der Waals surface area (Å²) < 4.78 is 1.46. The lowest BCUT2D eigenvalue weighted by molar-refractivity contribution is -0.389. The number of carbonyl (C=O) groups excluding carboxylic acids is 1. The van der Waals surface area contributed by atoms with Crippen LogP contribution in [0.1, 0.15) is 11.6 Å². The summed E-state index contributed by atoms with van der Waals surface area (Å²) in [5.41, 5.74) is 0.992. The van der Waals surface area contributed by atoms with E-state index < -0.39 is 11.0 Å². The highest BCUT2D eigenvalue weighted by Crippen LogP contribution is 2.15. The van der Waals surface area contributed by atoms with E-state index in [1.54, 1.807) is 0 Å². The maximum Gasteiger partial charge on any atom is 0.381 e. The summed E-state index contributed by atoms with van der Waals surface area (Å²) in [4.78, 5) is 24.6. The van der Waals surface area contributed by atoms with Gasteiger partial charge >= 0.3 is 5.82 Å². The van der Waals surface area contributed by atoms with Crippen LogP contribution in [0.3, 0.4) is 0 Å². The first-order valence-electron chi connectivity index (χ1n) is 5.38. The number of nitrogens with zero attached hydrogens (tertiary/aromatic N) is 3. The first-order valence-corrected chi connectivity index (χ1v) is 5.38. The van der Waals surface area contributed by atoms with Crippen LogP contribution in [0.25, 0.3) is 0 Å². The van der Waals surface area contributed by atoms with Crippen LogP contribution in [0.5, 0.6) is 0 Å². The van der Waals surface area contributed by atoms with Crippen molar-refractivity contribution in [1.82, 2.24) is 9.55 Å². The molecule has 0 saturated carbocycles. The van der Waals surface area contributed by atoms with Crippen LogP contribution in [0.15, 0.2) is 42.9 Å². The van der Waals surface area contributed by atoms with Crippen LogP contribution in [0.4, 0.5) is 5.82 Å². The number of imidazole rings is 1. The van der Waals surface area contributed by atoms with Crippen LogP contribution < -0.4 is 0 Å². The molecule has 92 valence electrons. The topological polar surface area (TPSA) is 78.0 Å². The summed E-state index contributed by atoms with van der Waals surface area (Å²) >= 11 is 0. The van der Waals surface area contributed by atoms with Gasteiger partial charge in [-0.05, 0) is 15.5 Å². The first kappa shape index (κ1) is 12.0. The normalized spacial score (nSPS) is 12.0. The summed E-state index contributed by atoms with van der Waals surface area (Å²) in [6, 6.07) is 8.99. The molecule has 6 nitrogen and oxygen atoms in total. The maximum absolute atomic E-state index is 11.1. The molecular weight excluding hydrogens is 234 g/mol. The fourth-order valence-electron chi connectivity index (χ4n) is 1.68. The van der Waals surface area contributed by atoms with E-state index in [-0.39, 0.29) is 5.82 Å². The SMILES string of the molecule is O=CC(Cc1ccccc1)n1cnc([N+](=O)[O-])c1. The fourth-order valence-corrected chi connectivity index (χ4v) is 1.68. The van der Waals surface area contributed by atoms with Gasteiger partial charge in [0.1, 0.15) is 12.5 Å². The smallest absolute Gasteiger partial charge is 0.358 e. The van der Waals surface area contributed by atoms with Crippen molar-refractivity contribution < 1.29 is 9.72 Å². The van der Waals surface area contributed by atoms with E-state index in [9.17, 15) is 14.9 Å². The summed E-state index contributed by atoms with van der Waals surface area (Å²) in [7, 11) is 0. The molecule has 1 atom stereocenters. The molecule has 1 aromatic carbocycles. The average molecular weight is 245 g/mol. The zero-order valence-corrected chi connectivity index (χ0v) is 9.47. The Morgan fingerprint density at radius 3 is 2.67 bits per heavy atom. The highest BCUT2D eigenvalue weighted by atomic mass is 16.6. The second-order valence-corrected chi connectivity index (χ2v) is 3.83. The molecule has 2 aromatic rings. The van der Waals surface area contributed by atoms with Gasteiger partial charge in [0.05, 0.1) is 6.04 Å². The van der Waals surface area contributed by atoms with Crippen molar-refractivity contribution in [3.05, 3.63) is 58.5 Å². The lowest BCUT2D eigenvalue weighted by Crippen LogP contribution is -2.11. The zero-order chi connectivity index (χ0) is 13.0.